The summed E-state index contributed by atoms with van der Waals surface area (Å²) in [5.74, 6) is -1.01. The van der Waals surface area contributed by atoms with Crippen molar-refractivity contribution in [2.24, 2.45) is 5.73 Å². The summed E-state index contributed by atoms with van der Waals surface area (Å²) in [5.41, 5.74) is 6.00. The normalized spacial score (nSPS) is 12.2. The number of hydrogen-bond acceptors (Lipinski definition) is 3. The number of carboxylic acids is 1. The number of carbonyl (C=O) groups is 1. The summed E-state index contributed by atoms with van der Waals surface area (Å²) in [6, 6.07) is 3.73. The minimum Gasteiger partial charge on any atom is -0.497 e. The summed E-state index contributed by atoms with van der Waals surface area (Å²) in [7, 11) is 1.44. The maximum Gasteiger partial charge on any atom is 0.303 e. The molecule has 0 saturated carbocycles. The first kappa shape index (κ1) is 12.4. The van der Waals surface area contributed by atoms with Gasteiger partial charge in [-0.05, 0) is 12.5 Å². The molecule has 0 aliphatic rings. The molecule has 1 rings (SSSR count). The number of ether oxygens (including phenoxy) is 1. The molecule has 0 radical (unpaired) electrons. The lowest BCUT2D eigenvalue weighted by Gasteiger charge is -2.12. The summed E-state index contributed by atoms with van der Waals surface area (Å²) in [4.78, 5) is 10.4. The van der Waals surface area contributed by atoms with Crippen molar-refractivity contribution in [1.82, 2.24) is 0 Å². The molecule has 1 atom stereocenters. The second-order valence-electron chi connectivity index (χ2n) is 3.43. The van der Waals surface area contributed by atoms with Crippen molar-refractivity contribution < 1.29 is 19.0 Å². The van der Waals surface area contributed by atoms with Gasteiger partial charge in [-0.1, -0.05) is 6.07 Å². The van der Waals surface area contributed by atoms with Gasteiger partial charge in [0.05, 0.1) is 7.11 Å². The quantitative estimate of drug-likeness (QED) is 0.803. The fraction of sp³-hybridized carbons (Fsp3) is 0.364. The molecule has 0 aliphatic heterocycles. The van der Waals surface area contributed by atoms with E-state index in [1.54, 1.807) is 6.07 Å². The zero-order valence-corrected chi connectivity index (χ0v) is 8.94. The van der Waals surface area contributed by atoms with E-state index in [0.29, 0.717) is 11.3 Å². The Morgan fingerprint density at radius 2 is 2.31 bits per heavy atom. The smallest absolute Gasteiger partial charge is 0.303 e. The Labute approximate surface area is 92.8 Å². The van der Waals surface area contributed by atoms with Gasteiger partial charge in [0.15, 0.2) is 0 Å². The molecular weight excluding hydrogens is 213 g/mol. The zero-order valence-electron chi connectivity index (χ0n) is 8.94. The molecule has 0 heterocycles. The fourth-order valence-electron chi connectivity index (χ4n) is 1.37. The van der Waals surface area contributed by atoms with Gasteiger partial charge in [0.2, 0.25) is 0 Å². The zero-order chi connectivity index (χ0) is 12.1. The van der Waals surface area contributed by atoms with Crippen LogP contribution in [0, 0.1) is 5.82 Å². The molecule has 0 fully saturated rings. The minimum absolute atomic E-state index is 0.0768. The molecule has 0 bridgehead atoms. The molecule has 0 saturated heterocycles. The van der Waals surface area contributed by atoms with E-state index in [0.717, 1.165) is 0 Å². The van der Waals surface area contributed by atoms with E-state index in [-0.39, 0.29) is 12.8 Å². The Kier molecular flexibility index (Phi) is 4.25. The standard InChI is InChI=1S/C11H14FNO3/c1-16-7-2-3-8(9(12)6-7)10(13)4-5-11(14)15/h2-3,6,10H,4-5,13H2,1H3,(H,14,15). The van der Waals surface area contributed by atoms with Crippen LogP contribution in [0.1, 0.15) is 24.4 Å². The van der Waals surface area contributed by atoms with E-state index in [1.807, 2.05) is 0 Å². The highest BCUT2D eigenvalue weighted by molar-refractivity contribution is 5.66. The topological polar surface area (TPSA) is 72.5 Å². The van der Waals surface area contributed by atoms with Crippen molar-refractivity contribution in [2.75, 3.05) is 7.11 Å². The number of methoxy groups -OCH3 is 1. The Bertz CT molecular complexity index is 381. The molecule has 0 aromatic heterocycles. The predicted octanol–water partition coefficient (Wildman–Crippen LogP) is 1.70. The SMILES string of the molecule is COc1ccc(C(N)CCC(=O)O)c(F)c1. The van der Waals surface area contributed by atoms with Crippen LogP contribution in [-0.4, -0.2) is 18.2 Å². The third kappa shape index (κ3) is 3.20. The summed E-state index contributed by atoms with van der Waals surface area (Å²) >= 11 is 0. The van der Waals surface area contributed by atoms with Gasteiger partial charge >= 0.3 is 5.97 Å². The number of benzene rings is 1. The third-order valence-electron chi connectivity index (χ3n) is 2.28. The largest absolute Gasteiger partial charge is 0.497 e. The van der Waals surface area contributed by atoms with Gasteiger partial charge in [-0.25, -0.2) is 4.39 Å². The lowest BCUT2D eigenvalue weighted by Crippen LogP contribution is -2.13. The molecule has 1 aromatic carbocycles. The molecule has 1 aromatic rings. The number of hydrogen-bond donors (Lipinski definition) is 2. The van der Waals surface area contributed by atoms with Gasteiger partial charge in [-0.15, -0.1) is 0 Å². The van der Waals surface area contributed by atoms with E-state index < -0.39 is 17.8 Å². The average Bonchev–Trinajstić information content (AvgIpc) is 2.25. The first-order chi connectivity index (χ1) is 7.54. The Morgan fingerprint density at radius 1 is 1.62 bits per heavy atom. The summed E-state index contributed by atoms with van der Waals surface area (Å²) < 4.78 is 18.4. The van der Waals surface area contributed by atoms with Crippen LogP contribution in [0.25, 0.3) is 0 Å². The molecule has 4 nitrogen and oxygen atoms in total. The average molecular weight is 227 g/mol. The monoisotopic (exact) mass is 227 g/mol. The van der Waals surface area contributed by atoms with Gasteiger partial charge in [0.1, 0.15) is 11.6 Å². The van der Waals surface area contributed by atoms with E-state index in [4.69, 9.17) is 15.6 Å². The summed E-state index contributed by atoms with van der Waals surface area (Å²) in [6.07, 6.45) is 0.130. The van der Waals surface area contributed by atoms with Crippen molar-refractivity contribution in [3.63, 3.8) is 0 Å². The third-order valence-corrected chi connectivity index (χ3v) is 2.28. The Morgan fingerprint density at radius 3 is 2.81 bits per heavy atom. The van der Waals surface area contributed by atoms with E-state index in [2.05, 4.69) is 0 Å². The number of halogens is 1. The summed E-state index contributed by atoms with van der Waals surface area (Å²) in [5, 5.41) is 8.49. The van der Waals surface area contributed by atoms with Gasteiger partial charge in [-0.2, -0.15) is 0 Å². The minimum atomic E-state index is -0.940. The maximum atomic E-state index is 13.5. The molecular formula is C11H14FNO3. The second-order valence-corrected chi connectivity index (χ2v) is 3.43. The summed E-state index contributed by atoms with van der Waals surface area (Å²) in [6.45, 7) is 0. The lowest BCUT2D eigenvalue weighted by molar-refractivity contribution is -0.137. The van der Waals surface area contributed by atoms with E-state index in [9.17, 15) is 9.18 Å². The lowest BCUT2D eigenvalue weighted by atomic mass is 10.0. The number of rotatable bonds is 5. The van der Waals surface area contributed by atoms with Gasteiger partial charge in [0, 0.05) is 24.1 Å². The molecule has 0 aliphatic carbocycles. The molecule has 5 heteroatoms. The molecule has 88 valence electrons. The van der Waals surface area contributed by atoms with Crippen molar-refractivity contribution in [3.05, 3.63) is 29.6 Å². The van der Waals surface area contributed by atoms with Crippen LogP contribution >= 0.6 is 0 Å². The van der Waals surface area contributed by atoms with E-state index in [1.165, 1.54) is 19.2 Å². The van der Waals surface area contributed by atoms with Gasteiger partial charge in [-0.3, -0.25) is 4.79 Å². The number of aliphatic carboxylic acids is 1. The van der Waals surface area contributed by atoms with Crippen LogP contribution in [0.15, 0.2) is 18.2 Å². The van der Waals surface area contributed by atoms with Crippen molar-refractivity contribution >= 4 is 5.97 Å². The van der Waals surface area contributed by atoms with Crippen LogP contribution in [0.2, 0.25) is 0 Å². The predicted molar refractivity (Wildman–Crippen MR) is 56.8 cm³/mol. The highest BCUT2D eigenvalue weighted by Gasteiger charge is 2.13. The van der Waals surface area contributed by atoms with Crippen molar-refractivity contribution in [1.29, 1.82) is 0 Å². The molecule has 1 unspecified atom stereocenters. The fourth-order valence-corrected chi connectivity index (χ4v) is 1.37. The highest BCUT2D eigenvalue weighted by Crippen LogP contribution is 2.23. The van der Waals surface area contributed by atoms with Gasteiger partial charge in [0.25, 0.3) is 0 Å². The van der Waals surface area contributed by atoms with Crippen LogP contribution in [0.4, 0.5) is 4.39 Å². The Balaban J connectivity index is 2.75. The number of carboxylic acid groups (broad SMARTS) is 1. The van der Waals surface area contributed by atoms with Crippen LogP contribution < -0.4 is 10.5 Å². The van der Waals surface area contributed by atoms with Crippen molar-refractivity contribution in [3.8, 4) is 5.75 Å². The number of nitrogens with two attached hydrogens (primary N) is 1. The second kappa shape index (κ2) is 5.46. The Hall–Kier alpha value is -1.62. The first-order valence-electron chi connectivity index (χ1n) is 4.85. The van der Waals surface area contributed by atoms with Crippen LogP contribution in [0.3, 0.4) is 0 Å². The molecule has 0 spiro atoms. The molecule has 3 N–H and O–H groups in total. The van der Waals surface area contributed by atoms with Gasteiger partial charge < -0.3 is 15.6 Å². The highest BCUT2D eigenvalue weighted by atomic mass is 19.1. The van der Waals surface area contributed by atoms with Crippen molar-refractivity contribution in [2.45, 2.75) is 18.9 Å². The molecule has 16 heavy (non-hydrogen) atoms. The maximum absolute atomic E-state index is 13.5. The van der Waals surface area contributed by atoms with E-state index >= 15 is 0 Å². The molecule has 0 amide bonds. The van der Waals surface area contributed by atoms with Crippen LogP contribution in [0.5, 0.6) is 5.75 Å². The first-order valence-corrected chi connectivity index (χ1v) is 4.85. The van der Waals surface area contributed by atoms with Crippen LogP contribution in [-0.2, 0) is 4.79 Å².